The van der Waals surface area contributed by atoms with Gasteiger partial charge in [0.1, 0.15) is 5.82 Å². The molecular formula is C9H12N2O4S2. The molecule has 1 unspecified atom stereocenters. The van der Waals surface area contributed by atoms with Crippen LogP contribution in [0.2, 0.25) is 0 Å². The molecule has 17 heavy (non-hydrogen) atoms. The standard InChI is InChI=1S/C9H12N2O4S2/c12-16(13)6-4-8(7-16)17(14,15)11-9-3-1-2-5-10-9/h1-3,5,8H,4,6-7H2,(H,10,11). The third-order valence-electron chi connectivity index (χ3n) is 2.54. The van der Waals surface area contributed by atoms with Gasteiger partial charge >= 0.3 is 0 Å². The third kappa shape index (κ3) is 2.95. The van der Waals surface area contributed by atoms with Crippen molar-refractivity contribution in [2.75, 3.05) is 16.2 Å². The van der Waals surface area contributed by atoms with Gasteiger partial charge in [-0.15, -0.1) is 0 Å². The lowest BCUT2D eigenvalue weighted by Crippen LogP contribution is -2.29. The van der Waals surface area contributed by atoms with Crippen LogP contribution in [-0.2, 0) is 19.9 Å². The molecule has 1 aliphatic heterocycles. The number of nitrogens with zero attached hydrogens (tertiary/aromatic N) is 1. The van der Waals surface area contributed by atoms with Crippen molar-refractivity contribution in [1.82, 2.24) is 4.98 Å². The fraction of sp³-hybridized carbons (Fsp3) is 0.444. The molecule has 2 rings (SSSR count). The van der Waals surface area contributed by atoms with E-state index in [1.807, 2.05) is 0 Å². The highest BCUT2D eigenvalue weighted by Crippen LogP contribution is 2.20. The quantitative estimate of drug-likeness (QED) is 0.839. The zero-order valence-corrected chi connectivity index (χ0v) is 10.5. The van der Waals surface area contributed by atoms with Crippen LogP contribution < -0.4 is 4.72 Å². The maximum absolute atomic E-state index is 11.9. The van der Waals surface area contributed by atoms with Gasteiger partial charge < -0.3 is 0 Å². The normalized spacial score (nSPS) is 23.4. The molecule has 0 radical (unpaired) electrons. The van der Waals surface area contributed by atoms with Gasteiger partial charge in [0.2, 0.25) is 10.0 Å². The van der Waals surface area contributed by atoms with Gasteiger partial charge in [0.15, 0.2) is 9.84 Å². The summed E-state index contributed by atoms with van der Waals surface area (Å²) in [5.41, 5.74) is 0. The van der Waals surface area contributed by atoms with Gasteiger partial charge in [-0.3, -0.25) is 4.72 Å². The number of hydrogen-bond donors (Lipinski definition) is 1. The Morgan fingerprint density at radius 2 is 2.12 bits per heavy atom. The van der Waals surface area contributed by atoms with E-state index in [9.17, 15) is 16.8 Å². The third-order valence-corrected chi connectivity index (χ3v) is 6.29. The lowest BCUT2D eigenvalue weighted by atomic mass is 10.4. The molecule has 0 aromatic carbocycles. The van der Waals surface area contributed by atoms with Crippen LogP contribution in [0.25, 0.3) is 0 Å². The van der Waals surface area contributed by atoms with E-state index >= 15 is 0 Å². The first kappa shape index (κ1) is 12.3. The first-order valence-electron chi connectivity index (χ1n) is 5.02. The van der Waals surface area contributed by atoms with Crippen molar-refractivity contribution >= 4 is 25.7 Å². The molecule has 8 heteroatoms. The SMILES string of the molecule is O=S1(=O)CCC(S(=O)(=O)Nc2ccccn2)C1. The largest absolute Gasteiger partial charge is 0.267 e. The van der Waals surface area contributed by atoms with E-state index in [1.54, 1.807) is 12.1 Å². The Hall–Kier alpha value is -1.15. The van der Waals surface area contributed by atoms with Gasteiger partial charge in [0.05, 0.1) is 16.8 Å². The summed E-state index contributed by atoms with van der Waals surface area (Å²) in [4.78, 5) is 3.83. The molecule has 1 aliphatic rings. The molecular weight excluding hydrogens is 264 g/mol. The zero-order chi connectivity index (χ0) is 12.5. The van der Waals surface area contributed by atoms with Gasteiger partial charge in [-0.05, 0) is 18.6 Å². The van der Waals surface area contributed by atoms with Gasteiger partial charge in [0.25, 0.3) is 0 Å². The summed E-state index contributed by atoms with van der Waals surface area (Å²) in [7, 11) is -6.89. The van der Waals surface area contributed by atoms with E-state index < -0.39 is 25.1 Å². The molecule has 2 heterocycles. The van der Waals surface area contributed by atoms with Crippen molar-refractivity contribution in [3.63, 3.8) is 0 Å². The molecule has 0 amide bonds. The molecule has 1 aromatic heterocycles. The molecule has 1 aromatic rings. The molecule has 0 spiro atoms. The summed E-state index contributed by atoms with van der Waals surface area (Å²) in [5, 5.41) is -0.880. The Morgan fingerprint density at radius 3 is 2.65 bits per heavy atom. The lowest BCUT2D eigenvalue weighted by molar-refractivity contribution is 0.587. The highest BCUT2D eigenvalue weighted by molar-refractivity contribution is 7.97. The second-order valence-corrected chi connectivity index (χ2v) is 8.08. The molecule has 1 N–H and O–H groups in total. The van der Waals surface area contributed by atoms with Crippen molar-refractivity contribution in [2.45, 2.75) is 11.7 Å². The second-order valence-electron chi connectivity index (χ2n) is 3.89. The van der Waals surface area contributed by atoms with Gasteiger partial charge in [-0.1, -0.05) is 6.07 Å². The van der Waals surface area contributed by atoms with Gasteiger partial charge in [-0.2, -0.15) is 0 Å². The van der Waals surface area contributed by atoms with Crippen LogP contribution in [0, 0.1) is 0 Å². The van der Waals surface area contributed by atoms with Crippen LogP contribution in [0.3, 0.4) is 0 Å². The number of aromatic nitrogens is 1. The Balaban J connectivity index is 2.16. The van der Waals surface area contributed by atoms with E-state index in [0.29, 0.717) is 0 Å². The van der Waals surface area contributed by atoms with Crippen molar-refractivity contribution in [3.05, 3.63) is 24.4 Å². The summed E-state index contributed by atoms with van der Waals surface area (Å²) < 4.78 is 48.5. The topological polar surface area (TPSA) is 93.2 Å². The van der Waals surface area contributed by atoms with Crippen molar-refractivity contribution < 1.29 is 16.8 Å². The summed E-state index contributed by atoms with van der Waals surface area (Å²) in [6.07, 6.45) is 1.60. The summed E-state index contributed by atoms with van der Waals surface area (Å²) in [5.74, 6) is -0.174. The predicted molar refractivity (Wildman–Crippen MR) is 63.8 cm³/mol. The molecule has 94 valence electrons. The Kier molecular flexibility index (Phi) is 3.09. The molecule has 0 aliphatic carbocycles. The van der Waals surface area contributed by atoms with Crippen molar-refractivity contribution in [1.29, 1.82) is 0 Å². The molecule has 1 saturated heterocycles. The minimum absolute atomic E-state index is 0.0687. The van der Waals surface area contributed by atoms with E-state index in [4.69, 9.17) is 0 Å². The van der Waals surface area contributed by atoms with Crippen LogP contribution in [0.5, 0.6) is 0 Å². The number of nitrogens with one attached hydrogen (secondary N) is 1. The van der Waals surface area contributed by atoms with Gasteiger partial charge in [-0.25, -0.2) is 21.8 Å². The summed E-state index contributed by atoms with van der Waals surface area (Å²) >= 11 is 0. The van der Waals surface area contributed by atoms with Crippen molar-refractivity contribution in [2.24, 2.45) is 0 Å². The minimum Gasteiger partial charge on any atom is -0.267 e. The number of pyridine rings is 1. The maximum Gasteiger partial charge on any atom is 0.237 e. The van der Waals surface area contributed by atoms with E-state index in [-0.39, 0.29) is 23.7 Å². The Morgan fingerprint density at radius 1 is 1.35 bits per heavy atom. The van der Waals surface area contributed by atoms with E-state index in [1.165, 1.54) is 12.3 Å². The lowest BCUT2D eigenvalue weighted by Gasteiger charge is -2.11. The van der Waals surface area contributed by atoms with Crippen LogP contribution in [0.4, 0.5) is 5.82 Å². The van der Waals surface area contributed by atoms with Crippen LogP contribution in [0.1, 0.15) is 6.42 Å². The fourth-order valence-electron chi connectivity index (χ4n) is 1.66. The molecule has 6 nitrogen and oxygen atoms in total. The van der Waals surface area contributed by atoms with Gasteiger partial charge in [0, 0.05) is 6.20 Å². The van der Waals surface area contributed by atoms with Crippen LogP contribution in [-0.4, -0.2) is 38.6 Å². The number of sulfone groups is 1. The Labute approximate surface area is 100 Å². The summed E-state index contributed by atoms with van der Waals surface area (Å²) in [6, 6.07) is 4.83. The highest BCUT2D eigenvalue weighted by Gasteiger charge is 2.37. The molecule has 1 atom stereocenters. The fourth-order valence-corrected chi connectivity index (χ4v) is 5.70. The number of rotatable bonds is 3. The van der Waals surface area contributed by atoms with Crippen LogP contribution >= 0.6 is 0 Å². The number of anilines is 1. The monoisotopic (exact) mass is 276 g/mol. The average molecular weight is 276 g/mol. The van der Waals surface area contributed by atoms with E-state index in [0.717, 1.165) is 0 Å². The Bertz CT molecular complexity index is 595. The maximum atomic E-state index is 11.9. The average Bonchev–Trinajstić information content (AvgIpc) is 2.60. The number of hydrogen-bond acceptors (Lipinski definition) is 5. The molecule has 0 bridgehead atoms. The minimum atomic E-state index is -3.68. The second kappa shape index (κ2) is 4.26. The van der Waals surface area contributed by atoms with E-state index in [2.05, 4.69) is 9.71 Å². The summed E-state index contributed by atoms with van der Waals surface area (Å²) in [6.45, 7) is 0. The molecule has 0 saturated carbocycles. The first-order chi connectivity index (χ1) is 7.89. The zero-order valence-electron chi connectivity index (χ0n) is 8.90. The van der Waals surface area contributed by atoms with Crippen LogP contribution in [0.15, 0.2) is 24.4 Å². The first-order valence-corrected chi connectivity index (χ1v) is 8.39. The predicted octanol–water partition coefficient (Wildman–Crippen LogP) is 0.0104. The molecule has 1 fully saturated rings. The highest BCUT2D eigenvalue weighted by atomic mass is 32.2. The van der Waals surface area contributed by atoms with Crippen molar-refractivity contribution in [3.8, 4) is 0 Å². The smallest absolute Gasteiger partial charge is 0.237 e. The number of sulfonamides is 1.